The number of rotatable bonds is 2. The number of non-ortho nitro benzene ring substituents is 1. The van der Waals surface area contributed by atoms with Crippen LogP contribution >= 0.6 is 0 Å². The summed E-state index contributed by atoms with van der Waals surface area (Å²) in [5.74, 6) is 0. The summed E-state index contributed by atoms with van der Waals surface area (Å²) in [5, 5.41) is 22.1. The number of benzene rings is 1. The van der Waals surface area contributed by atoms with Gasteiger partial charge in [0.05, 0.1) is 4.92 Å². The molecule has 0 unspecified atom stereocenters. The Kier molecular flexibility index (Phi) is 2.74. The van der Waals surface area contributed by atoms with Crippen molar-refractivity contribution >= 4 is 5.69 Å². The number of aromatic nitrogens is 1. The van der Waals surface area contributed by atoms with E-state index < -0.39 is 4.92 Å². The van der Waals surface area contributed by atoms with Crippen LogP contribution in [-0.4, -0.2) is 4.92 Å². The van der Waals surface area contributed by atoms with E-state index in [1.54, 1.807) is 31.2 Å². The molecule has 0 aliphatic carbocycles. The molecule has 0 spiro atoms. The second-order valence-corrected chi connectivity index (χ2v) is 3.69. The lowest BCUT2D eigenvalue weighted by molar-refractivity contribution is -0.611. The van der Waals surface area contributed by atoms with Gasteiger partial charge in [0.2, 0.25) is 0 Å². The number of aryl methyl sites for hydroxylation is 1. The summed E-state index contributed by atoms with van der Waals surface area (Å²) in [6, 6.07) is 9.65. The Bertz CT molecular complexity index is 582. The van der Waals surface area contributed by atoms with Gasteiger partial charge in [0.25, 0.3) is 5.69 Å². The highest BCUT2D eigenvalue weighted by molar-refractivity contribution is 5.64. The molecular formula is C12H10N2O3. The van der Waals surface area contributed by atoms with E-state index in [0.717, 1.165) is 4.73 Å². The van der Waals surface area contributed by atoms with Crippen LogP contribution in [0.2, 0.25) is 0 Å². The molecule has 0 bridgehead atoms. The molecule has 5 heteroatoms. The number of nitrogens with zero attached hydrogens (tertiary/aromatic N) is 2. The van der Waals surface area contributed by atoms with Crippen LogP contribution in [0.15, 0.2) is 42.6 Å². The van der Waals surface area contributed by atoms with Crippen molar-refractivity contribution in [1.82, 2.24) is 0 Å². The smallest absolute Gasteiger partial charge is 0.270 e. The molecule has 0 radical (unpaired) electrons. The first-order valence-electron chi connectivity index (χ1n) is 5.02. The molecule has 2 aromatic rings. The summed E-state index contributed by atoms with van der Waals surface area (Å²) >= 11 is 0. The van der Waals surface area contributed by atoms with Crippen LogP contribution in [0.1, 0.15) is 5.69 Å². The summed E-state index contributed by atoms with van der Waals surface area (Å²) in [6.45, 7) is 1.70. The van der Waals surface area contributed by atoms with Crippen molar-refractivity contribution in [2.45, 2.75) is 6.92 Å². The fourth-order valence-electron chi connectivity index (χ4n) is 1.52. The molecule has 17 heavy (non-hydrogen) atoms. The molecule has 0 aliphatic rings. The summed E-state index contributed by atoms with van der Waals surface area (Å²) in [5.41, 5.74) is 1.91. The lowest BCUT2D eigenvalue weighted by Crippen LogP contribution is -2.29. The van der Waals surface area contributed by atoms with Gasteiger partial charge >= 0.3 is 0 Å². The van der Waals surface area contributed by atoms with Gasteiger partial charge in [-0.15, -0.1) is 0 Å². The number of hydrogen-bond donors (Lipinski definition) is 0. The summed E-state index contributed by atoms with van der Waals surface area (Å²) in [7, 11) is 0. The van der Waals surface area contributed by atoms with E-state index in [1.165, 1.54) is 18.3 Å². The molecule has 5 nitrogen and oxygen atoms in total. The molecule has 0 aliphatic heterocycles. The van der Waals surface area contributed by atoms with Crippen LogP contribution in [0.4, 0.5) is 5.69 Å². The van der Waals surface area contributed by atoms with Crippen LogP contribution in [0.25, 0.3) is 11.1 Å². The SMILES string of the molecule is Cc1ccc(-c2cccc([N+](=O)[O-])c2)c[n+]1[O-]. The highest BCUT2D eigenvalue weighted by atomic mass is 16.6. The van der Waals surface area contributed by atoms with Gasteiger partial charge in [0.15, 0.2) is 11.9 Å². The van der Waals surface area contributed by atoms with Crippen LogP contribution in [0.5, 0.6) is 0 Å². The molecule has 2 rings (SSSR count). The van der Waals surface area contributed by atoms with Crippen molar-refractivity contribution in [2.75, 3.05) is 0 Å². The van der Waals surface area contributed by atoms with Crippen molar-refractivity contribution in [2.24, 2.45) is 0 Å². The number of nitro benzene ring substituents is 1. The molecular weight excluding hydrogens is 220 g/mol. The van der Waals surface area contributed by atoms with Crippen molar-refractivity contribution in [3.63, 3.8) is 0 Å². The molecule has 0 atom stereocenters. The molecule has 0 saturated heterocycles. The highest BCUT2D eigenvalue weighted by Gasteiger charge is 2.09. The number of hydrogen-bond acceptors (Lipinski definition) is 3. The van der Waals surface area contributed by atoms with E-state index >= 15 is 0 Å². The fraction of sp³-hybridized carbons (Fsp3) is 0.0833. The summed E-state index contributed by atoms with van der Waals surface area (Å²) in [6.07, 6.45) is 1.41. The van der Waals surface area contributed by atoms with E-state index in [4.69, 9.17) is 0 Å². The Morgan fingerprint density at radius 1 is 1.18 bits per heavy atom. The van der Waals surface area contributed by atoms with Gasteiger partial charge in [-0.3, -0.25) is 10.1 Å². The third-order valence-corrected chi connectivity index (χ3v) is 2.50. The Morgan fingerprint density at radius 2 is 1.94 bits per heavy atom. The number of pyridine rings is 1. The van der Waals surface area contributed by atoms with Crippen LogP contribution in [-0.2, 0) is 0 Å². The second-order valence-electron chi connectivity index (χ2n) is 3.69. The van der Waals surface area contributed by atoms with E-state index in [0.29, 0.717) is 16.8 Å². The number of nitro groups is 1. The molecule has 0 amide bonds. The van der Waals surface area contributed by atoms with Gasteiger partial charge in [-0.2, -0.15) is 4.73 Å². The first kappa shape index (κ1) is 11.1. The minimum atomic E-state index is -0.455. The third-order valence-electron chi connectivity index (χ3n) is 2.50. The maximum Gasteiger partial charge on any atom is 0.270 e. The predicted molar refractivity (Wildman–Crippen MR) is 62.2 cm³/mol. The monoisotopic (exact) mass is 230 g/mol. The molecule has 1 heterocycles. The van der Waals surface area contributed by atoms with Gasteiger partial charge in [-0.05, 0) is 11.6 Å². The largest absolute Gasteiger partial charge is 0.618 e. The second kappa shape index (κ2) is 4.21. The normalized spacial score (nSPS) is 10.2. The van der Waals surface area contributed by atoms with Crippen LogP contribution in [0, 0.1) is 22.2 Å². The topological polar surface area (TPSA) is 70.1 Å². The maximum absolute atomic E-state index is 11.4. The Hall–Kier alpha value is -2.43. The molecule has 86 valence electrons. The highest BCUT2D eigenvalue weighted by Crippen LogP contribution is 2.22. The lowest BCUT2D eigenvalue weighted by atomic mass is 10.1. The van der Waals surface area contributed by atoms with Crippen molar-refractivity contribution in [1.29, 1.82) is 0 Å². The van der Waals surface area contributed by atoms with Crippen molar-refractivity contribution in [3.8, 4) is 11.1 Å². The maximum atomic E-state index is 11.4. The van der Waals surface area contributed by atoms with Gasteiger partial charge in [-0.1, -0.05) is 12.1 Å². The minimum Gasteiger partial charge on any atom is -0.618 e. The van der Waals surface area contributed by atoms with Gasteiger partial charge in [0.1, 0.15) is 0 Å². The molecule has 0 saturated carbocycles. The van der Waals surface area contributed by atoms with E-state index in [1.807, 2.05) is 0 Å². The van der Waals surface area contributed by atoms with Gasteiger partial charge < -0.3 is 5.21 Å². The quantitative estimate of drug-likeness (QED) is 0.343. The summed E-state index contributed by atoms with van der Waals surface area (Å²) < 4.78 is 0.744. The van der Waals surface area contributed by atoms with Crippen molar-refractivity contribution in [3.05, 3.63) is 63.6 Å². The zero-order valence-corrected chi connectivity index (χ0v) is 9.16. The predicted octanol–water partition coefficient (Wildman–Crippen LogP) is 2.20. The first-order chi connectivity index (χ1) is 8.08. The Morgan fingerprint density at radius 3 is 2.59 bits per heavy atom. The zero-order chi connectivity index (χ0) is 12.4. The average molecular weight is 230 g/mol. The minimum absolute atomic E-state index is 0.0144. The van der Waals surface area contributed by atoms with Crippen LogP contribution in [0.3, 0.4) is 0 Å². The standard InChI is InChI=1S/C12H10N2O3/c1-9-5-6-11(8-13(9)15)10-3-2-4-12(7-10)14(16)17/h2-8H,1H3. The molecule has 1 aromatic carbocycles. The Labute approximate surface area is 97.7 Å². The molecule has 1 aromatic heterocycles. The molecule has 0 fully saturated rings. The Balaban J connectivity index is 2.49. The first-order valence-corrected chi connectivity index (χ1v) is 5.02. The van der Waals surface area contributed by atoms with Crippen molar-refractivity contribution < 1.29 is 9.65 Å². The molecule has 0 N–H and O–H groups in total. The lowest BCUT2D eigenvalue weighted by Gasteiger charge is -2.04. The van der Waals surface area contributed by atoms with E-state index in [-0.39, 0.29) is 5.69 Å². The van der Waals surface area contributed by atoms with E-state index in [9.17, 15) is 15.3 Å². The van der Waals surface area contributed by atoms with Gasteiger partial charge in [-0.25, -0.2) is 0 Å². The third kappa shape index (κ3) is 2.23. The summed E-state index contributed by atoms with van der Waals surface area (Å²) in [4.78, 5) is 10.2. The van der Waals surface area contributed by atoms with E-state index in [2.05, 4.69) is 0 Å². The fourth-order valence-corrected chi connectivity index (χ4v) is 1.52. The zero-order valence-electron chi connectivity index (χ0n) is 9.16. The van der Waals surface area contributed by atoms with Gasteiger partial charge in [0, 0.05) is 30.7 Å². The van der Waals surface area contributed by atoms with Crippen LogP contribution < -0.4 is 4.73 Å². The average Bonchev–Trinajstić information content (AvgIpc) is 2.33.